The van der Waals surface area contributed by atoms with Gasteiger partial charge in [0.25, 0.3) is 8.53 Å². The van der Waals surface area contributed by atoms with E-state index in [1.165, 1.54) is 13.3 Å². The Kier molecular flexibility index (Phi) is 9.28. The monoisotopic (exact) mass is 491 g/mol. The Morgan fingerprint density at radius 3 is 2.71 bits per heavy atom. The zero-order valence-corrected chi connectivity index (χ0v) is 21.5. The predicted octanol–water partition coefficient (Wildman–Crippen LogP) is 4.15. The molecular weight excluding hydrogens is 457 g/mol. The van der Waals surface area contributed by atoms with Crippen molar-refractivity contribution in [1.29, 1.82) is 0 Å². The van der Waals surface area contributed by atoms with Gasteiger partial charge in [0.15, 0.2) is 17.0 Å². The molecule has 1 fully saturated rings. The standard InChI is InChI=1S/C22H34N7O4P/c1-8-17-18(33-34(31-10-9-23-7)29(14(2)3)15(4)5)11-19(32-17)28-13-26-20-21(27-16(6)30)24-12-25-22(20)28/h12-15,17-19H,8-11H2,1-6H3,(H,24,25,27,30)/t17-,18?,19-,34?/m1/s1. The van der Waals surface area contributed by atoms with Crippen molar-refractivity contribution in [3.8, 4) is 0 Å². The first-order valence-electron chi connectivity index (χ1n) is 11.6. The first-order chi connectivity index (χ1) is 16.3. The lowest BCUT2D eigenvalue weighted by Crippen LogP contribution is -2.35. The fourth-order valence-corrected chi connectivity index (χ4v) is 5.82. The molecule has 0 radical (unpaired) electrons. The van der Waals surface area contributed by atoms with E-state index in [1.807, 2.05) is 4.57 Å². The number of fused-ring (bicyclic) bond motifs is 1. The van der Waals surface area contributed by atoms with Crippen LogP contribution in [-0.4, -0.2) is 67.5 Å². The molecule has 1 N–H and O–H groups in total. The maximum absolute atomic E-state index is 11.5. The number of anilines is 1. The maximum Gasteiger partial charge on any atom is 0.259 e. The number of imidazole rings is 1. The summed E-state index contributed by atoms with van der Waals surface area (Å²) in [5, 5.41) is 2.69. The number of ether oxygens (including phenoxy) is 1. The van der Waals surface area contributed by atoms with E-state index in [0.29, 0.717) is 36.6 Å². The Morgan fingerprint density at radius 1 is 1.35 bits per heavy atom. The summed E-state index contributed by atoms with van der Waals surface area (Å²) in [7, 11) is -1.37. The summed E-state index contributed by atoms with van der Waals surface area (Å²) in [4.78, 5) is 27.9. The third-order valence-electron chi connectivity index (χ3n) is 5.42. The van der Waals surface area contributed by atoms with Gasteiger partial charge in [-0.1, -0.05) is 6.92 Å². The minimum Gasteiger partial charge on any atom is -0.352 e. The molecule has 0 saturated carbocycles. The van der Waals surface area contributed by atoms with E-state index in [9.17, 15) is 4.79 Å². The van der Waals surface area contributed by atoms with E-state index < -0.39 is 8.53 Å². The van der Waals surface area contributed by atoms with Crippen LogP contribution in [-0.2, 0) is 18.6 Å². The number of carbonyl (C=O) groups is 1. The summed E-state index contributed by atoms with van der Waals surface area (Å²) in [5.41, 5.74) is 1.09. The molecule has 0 bridgehead atoms. The van der Waals surface area contributed by atoms with E-state index in [0.717, 1.165) is 6.42 Å². The van der Waals surface area contributed by atoms with Crippen LogP contribution in [0.1, 0.15) is 60.6 Å². The van der Waals surface area contributed by atoms with E-state index >= 15 is 0 Å². The molecule has 1 aliphatic rings. The van der Waals surface area contributed by atoms with E-state index in [-0.39, 0.29) is 36.4 Å². The van der Waals surface area contributed by atoms with Crippen molar-refractivity contribution in [2.75, 3.05) is 18.5 Å². The van der Waals surface area contributed by atoms with Gasteiger partial charge >= 0.3 is 0 Å². The number of hydrogen-bond donors (Lipinski definition) is 1. The molecule has 3 heterocycles. The van der Waals surface area contributed by atoms with Crippen LogP contribution in [0, 0.1) is 6.57 Å². The summed E-state index contributed by atoms with van der Waals surface area (Å²) in [6.45, 7) is 19.7. The largest absolute Gasteiger partial charge is 0.352 e. The van der Waals surface area contributed by atoms with Crippen molar-refractivity contribution in [2.24, 2.45) is 0 Å². The summed E-state index contributed by atoms with van der Waals surface area (Å²) in [6.07, 6.45) is 3.78. The lowest BCUT2D eigenvalue weighted by molar-refractivity contribution is -0.114. The minimum atomic E-state index is -1.37. The molecule has 3 rings (SSSR count). The van der Waals surface area contributed by atoms with Crippen molar-refractivity contribution in [3.05, 3.63) is 24.1 Å². The van der Waals surface area contributed by atoms with Crippen LogP contribution in [0.3, 0.4) is 0 Å². The first-order valence-corrected chi connectivity index (χ1v) is 12.7. The van der Waals surface area contributed by atoms with Gasteiger partial charge < -0.3 is 23.9 Å². The fourth-order valence-electron chi connectivity index (χ4n) is 4.07. The molecule has 2 aromatic heterocycles. The van der Waals surface area contributed by atoms with Crippen LogP contribution in [0.2, 0.25) is 0 Å². The third-order valence-corrected chi connectivity index (χ3v) is 7.58. The number of carbonyl (C=O) groups excluding carboxylic acids is 1. The molecule has 4 atom stereocenters. The molecule has 186 valence electrons. The van der Waals surface area contributed by atoms with Crippen LogP contribution >= 0.6 is 8.53 Å². The Balaban J connectivity index is 1.83. The van der Waals surface area contributed by atoms with Crippen LogP contribution < -0.4 is 5.32 Å². The highest BCUT2D eigenvalue weighted by Crippen LogP contribution is 2.50. The van der Waals surface area contributed by atoms with Gasteiger partial charge in [0.05, 0.1) is 18.5 Å². The van der Waals surface area contributed by atoms with Crippen LogP contribution in [0.5, 0.6) is 0 Å². The molecule has 1 saturated heterocycles. The van der Waals surface area contributed by atoms with Gasteiger partial charge in [-0.05, 0) is 34.1 Å². The van der Waals surface area contributed by atoms with Crippen molar-refractivity contribution in [3.63, 3.8) is 0 Å². The highest BCUT2D eigenvalue weighted by atomic mass is 31.2. The molecule has 0 aromatic carbocycles. The van der Waals surface area contributed by atoms with Gasteiger partial charge in [-0.15, -0.1) is 0 Å². The maximum atomic E-state index is 11.5. The fraction of sp³-hybridized carbons (Fsp3) is 0.682. The third kappa shape index (κ3) is 6.06. The molecule has 2 aromatic rings. The normalized spacial score (nSPS) is 21.5. The molecule has 2 unspecified atom stereocenters. The van der Waals surface area contributed by atoms with Gasteiger partial charge in [-0.2, -0.15) is 0 Å². The second-order valence-corrected chi connectivity index (χ2v) is 10.1. The first kappa shape index (κ1) is 26.4. The zero-order valence-electron chi connectivity index (χ0n) is 20.6. The van der Waals surface area contributed by atoms with Gasteiger partial charge in [-0.25, -0.2) is 26.2 Å². The van der Waals surface area contributed by atoms with E-state index in [4.69, 9.17) is 20.4 Å². The van der Waals surface area contributed by atoms with E-state index in [1.54, 1.807) is 6.33 Å². The van der Waals surface area contributed by atoms with Crippen LogP contribution in [0.4, 0.5) is 5.82 Å². The van der Waals surface area contributed by atoms with Crippen molar-refractivity contribution >= 4 is 31.4 Å². The van der Waals surface area contributed by atoms with Gasteiger partial charge in [0.2, 0.25) is 12.5 Å². The van der Waals surface area contributed by atoms with Crippen LogP contribution in [0.25, 0.3) is 16.0 Å². The Bertz CT molecular complexity index is 1000. The summed E-state index contributed by atoms with van der Waals surface area (Å²) >= 11 is 0. The lowest BCUT2D eigenvalue weighted by atomic mass is 10.1. The topological polar surface area (TPSA) is 108 Å². The SMILES string of the molecule is [C-]#[N+]CCOP(OC1C[C@H](n2cnc3c(NC(C)=O)ncnc32)O[C@@H]1CC)N(C(C)C)C(C)C. The number of nitrogens with one attached hydrogen (secondary N) is 1. The number of nitrogens with zero attached hydrogens (tertiary/aromatic N) is 6. The second-order valence-electron chi connectivity index (χ2n) is 8.66. The summed E-state index contributed by atoms with van der Waals surface area (Å²) < 4.78 is 23.1. The number of amides is 1. The molecule has 34 heavy (non-hydrogen) atoms. The van der Waals surface area contributed by atoms with Crippen LogP contribution in [0.15, 0.2) is 12.7 Å². The lowest BCUT2D eigenvalue weighted by Gasteiger charge is -2.37. The second kappa shape index (κ2) is 12.0. The number of aromatic nitrogens is 4. The Labute approximate surface area is 202 Å². The zero-order chi connectivity index (χ0) is 24.8. The molecule has 11 nitrogen and oxygen atoms in total. The highest BCUT2D eigenvalue weighted by molar-refractivity contribution is 7.44. The predicted molar refractivity (Wildman–Crippen MR) is 130 cm³/mol. The Morgan fingerprint density at radius 2 is 2.09 bits per heavy atom. The van der Waals surface area contributed by atoms with Gasteiger partial charge in [0, 0.05) is 25.4 Å². The van der Waals surface area contributed by atoms with E-state index in [2.05, 4.69) is 64.4 Å². The Hall–Kier alpha value is -2.22. The molecule has 0 spiro atoms. The smallest absolute Gasteiger partial charge is 0.259 e. The van der Waals surface area contributed by atoms with Crippen molar-refractivity contribution in [1.82, 2.24) is 24.2 Å². The quantitative estimate of drug-likeness (QED) is 0.284. The highest BCUT2D eigenvalue weighted by Gasteiger charge is 2.41. The molecule has 0 aliphatic carbocycles. The molecule has 1 amide bonds. The minimum absolute atomic E-state index is 0.130. The summed E-state index contributed by atoms with van der Waals surface area (Å²) in [5.74, 6) is 0.146. The average Bonchev–Trinajstić information content (AvgIpc) is 3.37. The summed E-state index contributed by atoms with van der Waals surface area (Å²) in [6, 6.07) is 0.442. The average molecular weight is 492 g/mol. The van der Waals surface area contributed by atoms with Crippen molar-refractivity contribution in [2.45, 2.75) is 84.9 Å². The molecular formula is C22H34N7O4P. The molecule has 12 heteroatoms. The van der Waals surface area contributed by atoms with Crippen molar-refractivity contribution < 1.29 is 18.6 Å². The number of hydrogen-bond acceptors (Lipinski definition) is 8. The number of rotatable bonds is 11. The van der Waals surface area contributed by atoms with Gasteiger partial charge in [-0.3, -0.25) is 9.36 Å². The van der Waals surface area contributed by atoms with Gasteiger partial charge in [0.1, 0.15) is 19.2 Å². The molecule has 1 aliphatic heterocycles.